The summed E-state index contributed by atoms with van der Waals surface area (Å²) in [5.74, 6) is -1.46. The highest BCUT2D eigenvalue weighted by Crippen LogP contribution is 2.41. The minimum atomic E-state index is -1.12. The first-order chi connectivity index (χ1) is 21.8. The number of hydrogen-bond acceptors (Lipinski definition) is 7. The van der Waals surface area contributed by atoms with Crippen LogP contribution in [0.1, 0.15) is 82.8 Å². The number of amides is 2. The Morgan fingerprint density at radius 2 is 1.78 bits per heavy atom. The van der Waals surface area contributed by atoms with Crippen molar-refractivity contribution in [3.05, 3.63) is 70.7 Å². The van der Waals surface area contributed by atoms with Crippen molar-refractivity contribution in [3.63, 3.8) is 0 Å². The zero-order valence-corrected chi connectivity index (χ0v) is 28.1. The van der Waals surface area contributed by atoms with Gasteiger partial charge in [0, 0.05) is 40.8 Å². The van der Waals surface area contributed by atoms with E-state index in [2.05, 4.69) is 19.2 Å². The van der Waals surface area contributed by atoms with Crippen LogP contribution < -0.4 is 10.2 Å². The molecule has 3 aromatic carbocycles. The fourth-order valence-corrected chi connectivity index (χ4v) is 5.76. The number of carbonyl (C=O) groups is 4. The number of benzene rings is 3. The summed E-state index contributed by atoms with van der Waals surface area (Å²) in [5, 5.41) is 4.85. The van der Waals surface area contributed by atoms with Gasteiger partial charge in [0.1, 0.15) is 6.10 Å². The van der Waals surface area contributed by atoms with Crippen LogP contribution in [0.4, 0.5) is 11.4 Å². The second kappa shape index (κ2) is 15.1. The minimum absolute atomic E-state index is 0.0993. The molecule has 0 aliphatic carbocycles. The lowest BCUT2D eigenvalue weighted by molar-refractivity contribution is -0.144. The molecule has 0 radical (unpaired) electrons. The Morgan fingerprint density at radius 1 is 1.04 bits per heavy atom. The fourth-order valence-electron chi connectivity index (χ4n) is 5.58. The third-order valence-electron chi connectivity index (χ3n) is 8.07. The van der Waals surface area contributed by atoms with E-state index in [-0.39, 0.29) is 38.0 Å². The summed E-state index contributed by atoms with van der Waals surface area (Å²) in [6.07, 6.45) is -0.357. The SMILES string of the molecule is CCOC(=O)c1cc(NC(=O)C[C@H]2O[C@@H](CC(C)CC)c3cc(Cl)ccc3N(CC(C)(C)COC(C)=O)C2=O)cc2ccccc12. The number of carbonyl (C=O) groups excluding carboxylic acids is 4. The van der Waals surface area contributed by atoms with Crippen LogP contribution in [-0.2, 0) is 28.6 Å². The summed E-state index contributed by atoms with van der Waals surface area (Å²) >= 11 is 6.46. The van der Waals surface area contributed by atoms with Crippen molar-refractivity contribution >= 4 is 57.5 Å². The third kappa shape index (κ3) is 8.65. The summed E-state index contributed by atoms with van der Waals surface area (Å²) in [6, 6.07) is 16.1. The number of hydrogen-bond donors (Lipinski definition) is 1. The van der Waals surface area contributed by atoms with Crippen molar-refractivity contribution in [2.45, 2.75) is 73.0 Å². The number of ether oxygens (including phenoxy) is 3. The molecule has 3 atom stereocenters. The van der Waals surface area contributed by atoms with Gasteiger partial charge in [-0.1, -0.05) is 70.0 Å². The van der Waals surface area contributed by atoms with Crippen molar-refractivity contribution in [2.75, 3.05) is 30.0 Å². The van der Waals surface area contributed by atoms with Crippen LogP contribution in [0.15, 0.2) is 54.6 Å². The average molecular weight is 651 g/mol. The summed E-state index contributed by atoms with van der Waals surface area (Å²) in [5.41, 5.74) is 1.53. The van der Waals surface area contributed by atoms with E-state index in [9.17, 15) is 19.2 Å². The first-order valence-electron chi connectivity index (χ1n) is 15.7. The Hall–Kier alpha value is -3.95. The van der Waals surface area contributed by atoms with Gasteiger partial charge in [-0.15, -0.1) is 0 Å². The zero-order valence-electron chi connectivity index (χ0n) is 27.4. The maximum Gasteiger partial charge on any atom is 0.338 e. The number of nitrogens with zero attached hydrogens (tertiary/aromatic N) is 1. The first kappa shape index (κ1) is 34.9. The summed E-state index contributed by atoms with van der Waals surface area (Å²) in [4.78, 5) is 53.9. The van der Waals surface area contributed by atoms with E-state index < -0.39 is 35.5 Å². The molecule has 1 N–H and O–H groups in total. The second-order valence-electron chi connectivity index (χ2n) is 12.7. The Balaban J connectivity index is 1.68. The molecule has 246 valence electrons. The van der Waals surface area contributed by atoms with E-state index in [0.29, 0.717) is 33.8 Å². The number of anilines is 2. The molecule has 0 bridgehead atoms. The molecule has 4 rings (SSSR count). The molecule has 1 aliphatic heterocycles. The van der Waals surface area contributed by atoms with Gasteiger partial charge in [0.25, 0.3) is 5.91 Å². The molecule has 3 aromatic rings. The van der Waals surface area contributed by atoms with E-state index in [1.54, 1.807) is 36.1 Å². The Labute approximate surface area is 275 Å². The van der Waals surface area contributed by atoms with Crippen LogP contribution in [0.5, 0.6) is 0 Å². The quantitative estimate of drug-likeness (QED) is 0.202. The molecule has 9 nitrogen and oxygen atoms in total. The first-order valence-corrected chi connectivity index (χ1v) is 16.1. The van der Waals surface area contributed by atoms with Crippen molar-refractivity contribution in [2.24, 2.45) is 11.3 Å². The molecule has 0 saturated heterocycles. The molecular weight excluding hydrogens is 608 g/mol. The van der Waals surface area contributed by atoms with Gasteiger partial charge in [-0.05, 0) is 60.4 Å². The van der Waals surface area contributed by atoms with Gasteiger partial charge < -0.3 is 24.4 Å². The van der Waals surface area contributed by atoms with Gasteiger partial charge in [-0.25, -0.2) is 4.79 Å². The van der Waals surface area contributed by atoms with E-state index >= 15 is 0 Å². The molecule has 1 aliphatic rings. The van der Waals surface area contributed by atoms with Gasteiger partial charge in [0.2, 0.25) is 5.91 Å². The van der Waals surface area contributed by atoms with Gasteiger partial charge in [0.05, 0.1) is 31.3 Å². The molecule has 10 heteroatoms. The number of halogens is 1. The number of fused-ring (bicyclic) bond motifs is 2. The topological polar surface area (TPSA) is 111 Å². The molecule has 0 aromatic heterocycles. The fraction of sp³-hybridized carbons (Fsp3) is 0.444. The van der Waals surface area contributed by atoms with E-state index in [0.717, 1.165) is 17.4 Å². The molecule has 1 heterocycles. The van der Waals surface area contributed by atoms with Gasteiger partial charge in [-0.3, -0.25) is 14.4 Å². The highest BCUT2D eigenvalue weighted by molar-refractivity contribution is 6.30. The molecule has 0 saturated carbocycles. The lowest BCUT2D eigenvalue weighted by Gasteiger charge is -2.33. The van der Waals surface area contributed by atoms with Gasteiger partial charge >= 0.3 is 11.9 Å². The molecular formula is C36H43ClN2O7. The van der Waals surface area contributed by atoms with E-state index in [1.807, 2.05) is 44.2 Å². The molecule has 1 unspecified atom stereocenters. The zero-order chi connectivity index (χ0) is 33.6. The van der Waals surface area contributed by atoms with Crippen molar-refractivity contribution < 1.29 is 33.4 Å². The van der Waals surface area contributed by atoms with Crippen LogP contribution in [0.2, 0.25) is 5.02 Å². The van der Waals surface area contributed by atoms with E-state index in [4.69, 9.17) is 25.8 Å². The predicted molar refractivity (Wildman–Crippen MR) is 179 cm³/mol. The number of esters is 2. The van der Waals surface area contributed by atoms with Crippen LogP contribution in [0.3, 0.4) is 0 Å². The monoisotopic (exact) mass is 650 g/mol. The van der Waals surface area contributed by atoms with Gasteiger partial charge in [-0.2, -0.15) is 0 Å². The van der Waals surface area contributed by atoms with Gasteiger partial charge in [0.15, 0.2) is 0 Å². The lowest BCUT2D eigenvalue weighted by Crippen LogP contribution is -2.46. The van der Waals surface area contributed by atoms with Crippen molar-refractivity contribution in [3.8, 4) is 0 Å². The number of rotatable bonds is 12. The van der Waals surface area contributed by atoms with Crippen LogP contribution in [0, 0.1) is 11.3 Å². The van der Waals surface area contributed by atoms with Crippen LogP contribution in [-0.4, -0.2) is 49.6 Å². The molecule has 46 heavy (non-hydrogen) atoms. The minimum Gasteiger partial charge on any atom is -0.465 e. The highest BCUT2D eigenvalue weighted by atomic mass is 35.5. The van der Waals surface area contributed by atoms with Crippen molar-refractivity contribution in [1.82, 2.24) is 0 Å². The predicted octanol–water partition coefficient (Wildman–Crippen LogP) is 7.50. The Kier molecular flexibility index (Phi) is 11.5. The third-order valence-corrected chi connectivity index (χ3v) is 8.31. The maximum absolute atomic E-state index is 14.3. The molecule has 0 spiro atoms. The van der Waals surface area contributed by atoms with E-state index in [1.165, 1.54) is 6.92 Å². The summed E-state index contributed by atoms with van der Waals surface area (Å²) < 4.78 is 17.1. The second-order valence-corrected chi connectivity index (χ2v) is 13.1. The van der Waals surface area contributed by atoms with Crippen LogP contribution >= 0.6 is 11.6 Å². The Bertz CT molecular complexity index is 1600. The summed E-state index contributed by atoms with van der Waals surface area (Å²) in [7, 11) is 0. The largest absolute Gasteiger partial charge is 0.465 e. The standard InChI is InChI=1S/C36H43ClN2O7/c1-7-22(3)15-31-29-17-25(37)13-14-30(29)39(20-36(5,6)21-45-23(4)40)34(42)32(46-31)19-33(41)38-26-16-24-11-9-10-12-27(24)28(18-26)35(43)44-8-2/h9-14,16-18,22,31-32H,7-8,15,19-21H2,1-6H3,(H,38,41)/t22?,31-,32+/m0/s1. The summed E-state index contributed by atoms with van der Waals surface area (Å²) in [6.45, 7) is 11.6. The normalized spacial score (nSPS) is 17.2. The molecule has 2 amide bonds. The Morgan fingerprint density at radius 3 is 2.48 bits per heavy atom. The molecule has 0 fully saturated rings. The van der Waals surface area contributed by atoms with Crippen molar-refractivity contribution in [1.29, 1.82) is 0 Å². The average Bonchev–Trinajstić information content (AvgIpc) is 3.10. The smallest absolute Gasteiger partial charge is 0.338 e. The lowest BCUT2D eigenvalue weighted by atomic mass is 9.92. The highest BCUT2D eigenvalue weighted by Gasteiger charge is 2.40. The van der Waals surface area contributed by atoms with Crippen LogP contribution in [0.25, 0.3) is 10.8 Å². The maximum atomic E-state index is 14.3. The number of nitrogens with one attached hydrogen (secondary N) is 1.